The van der Waals surface area contributed by atoms with E-state index in [9.17, 15) is 4.79 Å². The zero-order valence-electron chi connectivity index (χ0n) is 11.0. The molecule has 0 aliphatic heterocycles. The average molecular weight is 248 g/mol. The predicted octanol–water partition coefficient (Wildman–Crippen LogP) is 1.56. The molecule has 0 aromatic carbocycles. The Hall–Kier alpha value is -0.650. The Labute approximate surface area is 103 Å². The first kappa shape index (κ1) is 16.4. The SMILES string of the molecule is CCC(C)(CCOCCOCCOC)C(=O)O. The van der Waals surface area contributed by atoms with E-state index in [1.165, 1.54) is 0 Å². The summed E-state index contributed by atoms with van der Waals surface area (Å²) in [7, 11) is 1.62. The van der Waals surface area contributed by atoms with Crippen LogP contribution < -0.4 is 0 Å². The summed E-state index contributed by atoms with van der Waals surface area (Å²) in [6.45, 7) is 6.21. The summed E-state index contributed by atoms with van der Waals surface area (Å²) in [4.78, 5) is 11.0. The molecular formula is C12H24O5. The Balaban J connectivity index is 3.47. The van der Waals surface area contributed by atoms with Crippen molar-refractivity contribution in [1.29, 1.82) is 0 Å². The topological polar surface area (TPSA) is 65.0 Å². The van der Waals surface area contributed by atoms with Crippen LogP contribution in [-0.2, 0) is 19.0 Å². The summed E-state index contributed by atoms with van der Waals surface area (Å²) >= 11 is 0. The van der Waals surface area contributed by atoms with Crippen LogP contribution in [0.2, 0.25) is 0 Å². The monoisotopic (exact) mass is 248 g/mol. The lowest BCUT2D eigenvalue weighted by Crippen LogP contribution is -2.28. The number of carboxylic acid groups (broad SMARTS) is 1. The zero-order chi connectivity index (χ0) is 13.1. The van der Waals surface area contributed by atoms with Crippen molar-refractivity contribution in [3.63, 3.8) is 0 Å². The maximum absolute atomic E-state index is 11.0. The van der Waals surface area contributed by atoms with E-state index < -0.39 is 11.4 Å². The Morgan fingerprint density at radius 2 is 1.65 bits per heavy atom. The van der Waals surface area contributed by atoms with Gasteiger partial charge in [0.15, 0.2) is 0 Å². The highest BCUT2D eigenvalue weighted by Crippen LogP contribution is 2.25. The lowest BCUT2D eigenvalue weighted by molar-refractivity contribution is -0.149. The van der Waals surface area contributed by atoms with Crippen LogP contribution in [-0.4, -0.2) is 51.2 Å². The van der Waals surface area contributed by atoms with Gasteiger partial charge in [0.25, 0.3) is 0 Å². The largest absolute Gasteiger partial charge is 0.481 e. The molecule has 0 aromatic heterocycles. The molecule has 0 heterocycles. The first-order valence-electron chi connectivity index (χ1n) is 5.94. The highest BCUT2D eigenvalue weighted by Gasteiger charge is 2.30. The highest BCUT2D eigenvalue weighted by molar-refractivity contribution is 5.73. The standard InChI is InChI=1S/C12H24O5/c1-4-12(2,11(13)14)5-6-16-9-10-17-8-7-15-3/h4-10H2,1-3H3,(H,13,14). The van der Waals surface area contributed by atoms with Gasteiger partial charge in [-0.2, -0.15) is 0 Å². The molecule has 0 radical (unpaired) electrons. The van der Waals surface area contributed by atoms with Crippen LogP contribution in [0.5, 0.6) is 0 Å². The van der Waals surface area contributed by atoms with E-state index >= 15 is 0 Å². The second kappa shape index (κ2) is 9.39. The van der Waals surface area contributed by atoms with Crippen LogP contribution >= 0.6 is 0 Å². The lowest BCUT2D eigenvalue weighted by Gasteiger charge is -2.22. The third kappa shape index (κ3) is 7.31. The van der Waals surface area contributed by atoms with Crippen LogP contribution in [0.25, 0.3) is 0 Å². The lowest BCUT2D eigenvalue weighted by atomic mass is 9.84. The molecule has 102 valence electrons. The second-order valence-corrected chi connectivity index (χ2v) is 4.19. The normalized spacial score (nSPS) is 14.5. The van der Waals surface area contributed by atoms with Crippen LogP contribution in [0.4, 0.5) is 0 Å². The van der Waals surface area contributed by atoms with E-state index in [-0.39, 0.29) is 0 Å². The van der Waals surface area contributed by atoms with Gasteiger partial charge in [0.2, 0.25) is 0 Å². The summed E-state index contributed by atoms with van der Waals surface area (Å²) in [6.07, 6.45) is 1.13. The molecule has 0 rings (SSSR count). The quantitative estimate of drug-likeness (QED) is 0.562. The molecule has 0 fully saturated rings. The smallest absolute Gasteiger partial charge is 0.309 e. The van der Waals surface area contributed by atoms with Gasteiger partial charge in [-0.05, 0) is 19.8 Å². The molecule has 0 aromatic rings. The Kier molecular flexibility index (Phi) is 9.03. The van der Waals surface area contributed by atoms with Crippen molar-refractivity contribution in [1.82, 2.24) is 0 Å². The molecule has 17 heavy (non-hydrogen) atoms. The number of carbonyl (C=O) groups is 1. The molecule has 0 spiro atoms. The highest BCUT2D eigenvalue weighted by atomic mass is 16.5. The molecule has 0 amide bonds. The van der Waals surface area contributed by atoms with E-state index in [0.717, 1.165) is 0 Å². The third-order valence-electron chi connectivity index (χ3n) is 2.90. The number of carboxylic acids is 1. The van der Waals surface area contributed by atoms with Crippen molar-refractivity contribution in [3.8, 4) is 0 Å². The van der Waals surface area contributed by atoms with E-state index in [2.05, 4.69) is 0 Å². The molecule has 1 unspecified atom stereocenters. The van der Waals surface area contributed by atoms with E-state index in [0.29, 0.717) is 45.9 Å². The van der Waals surface area contributed by atoms with Gasteiger partial charge < -0.3 is 19.3 Å². The molecule has 0 aliphatic carbocycles. The van der Waals surface area contributed by atoms with Gasteiger partial charge in [-0.25, -0.2) is 0 Å². The molecular weight excluding hydrogens is 224 g/mol. The van der Waals surface area contributed by atoms with Crippen molar-refractivity contribution in [2.45, 2.75) is 26.7 Å². The minimum atomic E-state index is -0.764. The van der Waals surface area contributed by atoms with Crippen molar-refractivity contribution in [2.24, 2.45) is 5.41 Å². The van der Waals surface area contributed by atoms with Crippen LogP contribution in [0.1, 0.15) is 26.7 Å². The van der Waals surface area contributed by atoms with Gasteiger partial charge in [-0.1, -0.05) is 6.92 Å². The fraction of sp³-hybridized carbons (Fsp3) is 0.917. The molecule has 0 saturated carbocycles. The van der Waals surface area contributed by atoms with Gasteiger partial charge in [0.1, 0.15) is 0 Å². The van der Waals surface area contributed by atoms with Crippen molar-refractivity contribution in [3.05, 3.63) is 0 Å². The number of aliphatic carboxylic acids is 1. The molecule has 1 N–H and O–H groups in total. The molecule has 5 nitrogen and oxygen atoms in total. The van der Waals surface area contributed by atoms with Gasteiger partial charge >= 0.3 is 5.97 Å². The van der Waals surface area contributed by atoms with Crippen molar-refractivity contribution < 1.29 is 24.1 Å². The summed E-state index contributed by atoms with van der Waals surface area (Å²) in [6, 6.07) is 0. The summed E-state index contributed by atoms with van der Waals surface area (Å²) in [5.74, 6) is -0.764. The average Bonchev–Trinajstić information content (AvgIpc) is 2.32. The minimum absolute atomic E-state index is 0.449. The summed E-state index contributed by atoms with van der Waals surface area (Å²) in [5, 5.41) is 9.04. The van der Waals surface area contributed by atoms with Crippen LogP contribution in [0, 0.1) is 5.41 Å². The number of rotatable bonds is 11. The zero-order valence-corrected chi connectivity index (χ0v) is 11.0. The van der Waals surface area contributed by atoms with Crippen LogP contribution in [0.3, 0.4) is 0 Å². The Morgan fingerprint density at radius 3 is 2.12 bits per heavy atom. The Bertz CT molecular complexity index is 207. The van der Waals surface area contributed by atoms with Gasteiger partial charge in [-0.3, -0.25) is 4.79 Å². The summed E-state index contributed by atoms with van der Waals surface area (Å²) in [5.41, 5.74) is -0.684. The number of hydrogen-bond donors (Lipinski definition) is 1. The predicted molar refractivity (Wildman–Crippen MR) is 64.2 cm³/mol. The first-order valence-corrected chi connectivity index (χ1v) is 5.94. The number of hydrogen-bond acceptors (Lipinski definition) is 4. The maximum atomic E-state index is 11.0. The van der Waals surface area contributed by atoms with Crippen LogP contribution in [0.15, 0.2) is 0 Å². The fourth-order valence-electron chi connectivity index (χ4n) is 1.20. The number of methoxy groups -OCH3 is 1. The summed E-state index contributed by atoms with van der Waals surface area (Å²) < 4.78 is 15.4. The molecule has 1 atom stereocenters. The first-order chi connectivity index (χ1) is 8.06. The van der Waals surface area contributed by atoms with Gasteiger partial charge in [0.05, 0.1) is 31.8 Å². The van der Waals surface area contributed by atoms with Gasteiger partial charge in [0, 0.05) is 13.7 Å². The maximum Gasteiger partial charge on any atom is 0.309 e. The van der Waals surface area contributed by atoms with E-state index in [1.807, 2.05) is 6.92 Å². The van der Waals surface area contributed by atoms with Gasteiger partial charge in [-0.15, -0.1) is 0 Å². The molecule has 0 aliphatic rings. The van der Waals surface area contributed by atoms with E-state index in [1.54, 1.807) is 14.0 Å². The fourth-order valence-corrected chi connectivity index (χ4v) is 1.20. The second-order valence-electron chi connectivity index (χ2n) is 4.19. The molecule has 0 bridgehead atoms. The Morgan fingerprint density at radius 1 is 1.12 bits per heavy atom. The molecule has 0 saturated heterocycles. The van der Waals surface area contributed by atoms with Crippen molar-refractivity contribution in [2.75, 3.05) is 40.1 Å². The number of ether oxygens (including phenoxy) is 3. The van der Waals surface area contributed by atoms with Crippen molar-refractivity contribution >= 4 is 5.97 Å². The minimum Gasteiger partial charge on any atom is -0.481 e. The molecule has 5 heteroatoms. The van der Waals surface area contributed by atoms with E-state index in [4.69, 9.17) is 19.3 Å². The third-order valence-corrected chi connectivity index (χ3v) is 2.90.